The Balaban J connectivity index is 2.48. The molecular formula is C13H19F2N3. The largest absolute Gasteiger partial charge is 0.356 e. The van der Waals surface area contributed by atoms with Crippen LogP contribution in [0.25, 0.3) is 0 Å². The van der Waals surface area contributed by atoms with Crippen molar-refractivity contribution in [1.29, 1.82) is 0 Å². The lowest BCUT2D eigenvalue weighted by Gasteiger charge is -2.14. The van der Waals surface area contributed by atoms with Crippen molar-refractivity contribution in [1.82, 2.24) is 10.6 Å². The number of hydrogen-bond donors (Lipinski definition) is 2. The lowest BCUT2D eigenvalue weighted by Crippen LogP contribution is -2.41. The molecular weight excluding hydrogens is 236 g/mol. The molecule has 18 heavy (non-hydrogen) atoms. The smallest absolute Gasteiger partial charge is 0.191 e. The Kier molecular flexibility index (Phi) is 5.55. The summed E-state index contributed by atoms with van der Waals surface area (Å²) >= 11 is 0. The maximum absolute atomic E-state index is 13.4. The van der Waals surface area contributed by atoms with Crippen molar-refractivity contribution in [3.8, 4) is 0 Å². The minimum atomic E-state index is -0.808. The molecule has 1 rings (SSSR count). The van der Waals surface area contributed by atoms with E-state index in [9.17, 15) is 8.78 Å². The quantitative estimate of drug-likeness (QED) is 0.638. The van der Waals surface area contributed by atoms with Crippen molar-refractivity contribution in [3.05, 3.63) is 35.4 Å². The molecule has 0 unspecified atom stereocenters. The first-order chi connectivity index (χ1) is 8.54. The van der Waals surface area contributed by atoms with Gasteiger partial charge in [0.2, 0.25) is 0 Å². The summed E-state index contributed by atoms with van der Waals surface area (Å²) in [5.74, 6) is -0.926. The monoisotopic (exact) mass is 255 g/mol. The lowest BCUT2D eigenvalue weighted by molar-refractivity contribution is 0.498. The summed E-state index contributed by atoms with van der Waals surface area (Å²) in [5.41, 5.74) is 0.363. The van der Waals surface area contributed by atoms with Crippen LogP contribution in [0.1, 0.15) is 19.4 Å². The Morgan fingerprint density at radius 2 is 2.06 bits per heavy atom. The summed E-state index contributed by atoms with van der Waals surface area (Å²) in [6.07, 6.45) is 0.405. The molecule has 0 aliphatic carbocycles. The number of aliphatic imine (C=N–C) groups is 1. The van der Waals surface area contributed by atoms with Crippen LogP contribution in [-0.4, -0.2) is 25.6 Å². The molecule has 0 bridgehead atoms. The molecule has 5 heteroatoms. The minimum Gasteiger partial charge on any atom is -0.356 e. The minimum absolute atomic E-state index is 0.266. The first kappa shape index (κ1) is 14.4. The number of nitrogens with one attached hydrogen (secondary N) is 2. The normalized spacial score (nSPS) is 11.8. The van der Waals surface area contributed by atoms with E-state index in [1.54, 1.807) is 13.1 Å². The Morgan fingerprint density at radius 1 is 1.33 bits per heavy atom. The second-order valence-electron chi connectivity index (χ2n) is 4.26. The Hall–Kier alpha value is -1.65. The molecule has 0 saturated carbocycles. The van der Waals surface area contributed by atoms with E-state index in [2.05, 4.69) is 15.6 Å². The van der Waals surface area contributed by atoms with Crippen LogP contribution in [-0.2, 0) is 6.42 Å². The molecule has 0 aromatic heterocycles. The average molecular weight is 255 g/mol. The lowest BCUT2D eigenvalue weighted by atomic mass is 10.1. The van der Waals surface area contributed by atoms with Crippen LogP contribution in [0.15, 0.2) is 23.2 Å². The third-order valence-electron chi connectivity index (χ3n) is 2.37. The van der Waals surface area contributed by atoms with E-state index < -0.39 is 11.6 Å². The van der Waals surface area contributed by atoms with Gasteiger partial charge in [-0.15, -0.1) is 0 Å². The van der Waals surface area contributed by atoms with E-state index in [1.165, 1.54) is 6.07 Å². The fourth-order valence-electron chi connectivity index (χ4n) is 1.53. The third kappa shape index (κ3) is 4.31. The van der Waals surface area contributed by atoms with E-state index in [-0.39, 0.29) is 6.04 Å². The summed E-state index contributed by atoms with van der Waals surface area (Å²) in [6.45, 7) is 4.49. The maximum Gasteiger partial charge on any atom is 0.191 e. The fourth-order valence-corrected chi connectivity index (χ4v) is 1.53. The predicted molar refractivity (Wildman–Crippen MR) is 69.7 cm³/mol. The highest BCUT2D eigenvalue weighted by Gasteiger charge is 2.07. The summed E-state index contributed by atoms with van der Waals surface area (Å²) < 4.78 is 26.3. The molecule has 0 spiro atoms. The van der Waals surface area contributed by atoms with Crippen LogP contribution >= 0.6 is 0 Å². The fraction of sp³-hybridized carbons (Fsp3) is 0.462. The Labute approximate surface area is 106 Å². The van der Waals surface area contributed by atoms with Crippen molar-refractivity contribution >= 4 is 5.96 Å². The molecule has 0 aliphatic heterocycles. The van der Waals surface area contributed by atoms with Gasteiger partial charge in [-0.3, -0.25) is 4.99 Å². The van der Waals surface area contributed by atoms with Crippen molar-refractivity contribution in [2.45, 2.75) is 26.3 Å². The van der Waals surface area contributed by atoms with E-state index in [0.29, 0.717) is 24.5 Å². The number of rotatable bonds is 4. The van der Waals surface area contributed by atoms with Crippen LogP contribution in [0, 0.1) is 11.6 Å². The van der Waals surface area contributed by atoms with Crippen LogP contribution in [0.5, 0.6) is 0 Å². The molecule has 0 atom stereocenters. The van der Waals surface area contributed by atoms with Crippen LogP contribution in [0.2, 0.25) is 0 Å². The number of guanidine groups is 1. The molecule has 0 saturated heterocycles. The number of halogens is 2. The van der Waals surface area contributed by atoms with Crippen LogP contribution in [0.3, 0.4) is 0 Å². The van der Waals surface area contributed by atoms with Crippen molar-refractivity contribution < 1.29 is 8.78 Å². The van der Waals surface area contributed by atoms with Gasteiger partial charge in [0.1, 0.15) is 0 Å². The predicted octanol–water partition coefficient (Wildman–Crippen LogP) is 2.08. The molecule has 0 fully saturated rings. The average Bonchev–Trinajstić information content (AvgIpc) is 2.32. The zero-order chi connectivity index (χ0) is 13.5. The van der Waals surface area contributed by atoms with Crippen molar-refractivity contribution in [3.63, 3.8) is 0 Å². The topological polar surface area (TPSA) is 36.4 Å². The van der Waals surface area contributed by atoms with Gasteiger partial charge in [-0.25, -0.2) is 8.78 Å². The van der Waals surface area contributed by atoms with E-state index in [4.69, 9.17) is 0 Å². The highest BCUT2D eigenvalue weighted by Crippen LogP contribution is 2.11. The van der Waals surface area contributed by atoms with E-state index >= 15 is 0 Å². The SMILES string of the molecule is CN=C(NCCc1cccc(F)c1F)NC(C)C. The van der Waals surface area contributed by atoms with Gasteiger partial charge in [0.15, 0.2) is 17.6 Å². The Bertz CT molecular complexity index is 417. The maximum atomic E-state index is 13.4. The molecule has 100 valence electrons. The molecule has 0 radical (unpaired) electrons. The van der Waals surface area contributed by atoms with Gasteiger partial charge in [0.25, 0.3) is 0 Å². The number of nitrogens with zero attached hydrogens (tertiary/aromatic N) is 1. The van der Waals surface area contributed by atoms with Gasteiger partial charge in [-0.05, 0) is 31.9 Å². The second-order valence-corrected chi connectivity index (χ2v) is 4.26. The van der Waals surface area contributed by atoms with Gasteiger partial charge in [0, 0.05) is 19.6 Å². The molecule has 3 nitrogen and oxygen atoms in total. The second kappa shape index (κ2) is 6.93. The number of hydrogen-bond acceptors (Lipinski definition) is 1. The number of benzene rings is 1. The van der Waals surface area contributed by atoms with Crippen LogP contribution in [0.4, 0.5) is 8.78 Å². The molecule has 0 aliphatic rings. The van der Waals surface area contributed by atoms with Crippen LogP contribution < -0.4 is 10.6 Å². The third-order valence-corrected chi connectivity index (χ3v) is 2.37. The molecule has 1 aromatic carbocycles. The summed E-state index contributed by atoms with van der Waals surface area (Å²) in [7, 11) is 1.67. The molecule has 0 amide bonds. The highest BCUT2D eigenvalue weighted by molar-refractivity contribution is 5.79. The zero-order valence-electron chi connectivity index (χ0n) is 10.9. The van der Waals surface area contributed by atoms with Gasteiger partial charge >= 0.3 is 0 Å². The van der Waals surface area contributed by atoms with Gasteiger partial charge in [-0.2, -0.15) is 0 Å². The van der Waals surface area contributed by atoms with Crippen molar-refractivity contribution in [2.24, 2.45) is 4.99 Å². The molecule has 0 heterocycles. The van der Waals surface area contributed by atoms with E-state index in [1.807, 2.05) is 13.8 Å². The zero-order valence-corrected chi connectivity index (χ0v) is 10.9. The summed E-state index contributed by atoms with van der Waals surface area (Å²) in [5, 5.41) is 6.16. The summed E-state index contributed by atoms with van der Waals surface area (Å²) in [6, 6.07) is 4.47. The van der Waals surface area contributed by atoms with Crippen molar-refractivity contribution in [2.75, 3.05) is 13.6 Å². The first-order valence-corrected chi connectivity index (χ1v) is 5.94. The molecule has 2 N–H and O–H groups in total. The highest BCUT2D eigenvalue weighted by atomic mass is 19.2. The van der Waals surface area contributed by atoms with Gasteiger partial charge < -0.3 is 10.6 Å². The Morgan fingerprint density at radius 3 is 2.67 bits per heavy atom. The van der Waals surface area contributed by atoms with Gasteiger partial charge in [-0.1, -0.05) is 12.1 Å². The molecule has 1 aromatic rings. The standard InChI is InChI=1S/C13H19F2N3/c1-9(2)18-13(16-3)17-8-7-10-5-4-6-11(14)12(10)15/h4-6,9H,7-8H2,1-3H3,(H2,16,17,18). The first-order valence-electron chi connectivity index (χ1n) is 5.94. The van der Waals surface area contributed by atoms with E-state index in [0.717, 1.165) is 6.07 Å². The summed E-state index contributed by atoms with van der Waals surface area (Å²) in [4.78, 5) is 4.03. The van der Waals surface area contributed by atoms with Gasteiger partial charge in [0.05, 0.1) is 0 Å².